The normalized spacial score (nSPS) is 19.8. The standard InChI is InChI=1S/C23H29N3O2/c1-16-13-20(25-19-7-9-21(28-2)10-8-19)14-22(24-16)18-11-12-26(15-18)23(27)17-5-3-4-6-17/h7-10,13-14,17-18H,3-6,11-12,15H2,1-2H3,(H,24,25)/t18-/m1/s1. The van der Waals surface area contributed by atoms with Gasteiger partial charge in [0.1, 0.15) is 5.75 Å². The first-order chi connectivity index (χ1) is 13.6. The van der Waals surface area contributed by atoms with Gasteiger partial charge in [-0.25, -0.2) is 0 Å². The number of amides is 1. The number of aryl methyl sites for hydroxylation is 1. The number of hydrogen-bond acceptors (Lipinski definition) is 4. The molecule has 1 aliphatic heterocycles. The first kappa shape index (κ1) is 18.8. The maximum absolute atomic E-state index is 12.7. The number of hydrogen-bond donors (Lipinski definition) is 1. The molecule has 1 saturated heterocycles. The van der Waals surface area contributed by atoms with Crippen LogP contribution in [-0.4, -0.2) is 36.0 Å². The lowest BCUT2D eigenvalue weighted by Gasteiger charge is -2.20. The minimum absolute atomic E-state index is 0.261. The van der Waals surface area contributed by atoms with Crippen LogP contribution in [-0.2, 0) is 4.79 Å². The average molecular weight is 380 g/mol. The number of rotatable bonds is 5. The summed E-state index contributed by atoms with van der Waals surface area (Å²) < 4.78 is 5.22. The van der Waals surface area contributed by atoms with Gasteiger partial charge in [-0.05, 0) is 62.6 Å². The number of nitrogens with zero attached hydrogens (tertiary/aromatic N) is 2. The highest BCUT2D eigenvalue weighted by Crippen LogP contribution is 2.33. The predicted octanol–water partition coefficient (Wildman–Crippen LogP) is 4.65. The van der Waals surface area contributed by atoms with E-state index < -0.39 is 0 Å². The topological polar surface area (TPSA) is 54.5 Å². The number of ether oxygens (including phenoxy) is 1. The van der Waals surface area contributed by atoms with Crippen molar-refractivity contribution in [1.82, 2.24) is 9.88 Å². The van der Waals surface area contributed by atoms with Gasteiger partial charge in [0.05, 0.1) is 7.11 Å². The molecule has 0 unspecified atom stereocenters. The Kier molecular flexibility index (Phi) is 5.51. The lowest BCUT2D eigenvalue weighted by Crippen LogP contribution is -2.33. The molecule has 1 atom stereocenters. The highest BCUT2D eigenvalue weighted by atomic mass is 16.5. The van der Waals surface area contributed by atoms with Gasteiger partial charge in [0.2, 0.25) is 5.91 Å². The summed E-state index contributed by atoms with van der Waals surface area (Å²) in [4.78, 5) is 19.6. The van der Waals surface area contributed by atoms with Gasteiger partial charge in [0.25, 0.3) is 0 Å². The van der Waals surface area contributed by atoms with Crippen molar-refractivity contribution in [2.45, 2.75) is 44.9 Å². The van der Waals surface area contributed by atoms with E-state index in [2.05, 4.69) is 22.3 Å². The van der Waals surface area contributed by atoms with Crippen LogP contribution in [0.1, 0.15) is 49.4 Å². The van der Waals surface area contributed by atoms with E-state index in [0.29, 0.717) is 11.8 Å². The van der Waals surface area contributed by atoms with Crippen LogP contribution in [0.5, 0.6) is 5.75 Å². The second kappa shape index (κ2) is 8.21. The minimum atomic E-state index is 0.261. The van der Waals surface area contributed by atoms with E-state index in [-0.39, 0.29) is 5.92 Å². The van der Waals surface area contributed by atoms with E-state index in [1.807, 2.05) is 31.2 Å². The molecule has 5 heteroatoms. The summed E-state index contributed by atoms with van der Waals surface area (Å²) in [6.07, 6.45) is 5.54. The van der Waals surface area contributed by atoms with Gasteiger partial charge in [-0.15, -0.1) is 0 Å². The number of anilines is 2. The Balaban J connectivity index is 1.45. The number of pyridine rings is 1. The lowest BCUT2D eigenvalue weighted by atomic mass is 10.0. The second-order valence-corrected chi connectivity index (χ2v) is 8.03. The molecule has 1 aromatic heterocycles. The smallest absolute Gasteiger partial charge is 0.225 e. The fourth-order valence-corrected chi connectivity index (χ4v) is 4.45. The summed E-state index contributed by atoms with van der Waals surface area (Å²) in [7, 11) is 1.67. The molecule has 1 amide bonds. The first-order valence-corrected chi connectivity index (χ1v) is 10.3. The van der Waals surface area contributed by atoms with Gasteiger partial charge in [-0.2, -0.15) is 0 Å². The zero-order chi connectivity index (χ0) is 19.5. The molecule has 4 rings (SSSR count). The number of carbonyl (C=O) groups is 1. The quantitative estimate of drug-likeness (QED) is 0.822. The van der Waals surface area contributed by atoms with Gasteiger partial charge < -0.3 is 15.0 Å². The minimum Gasteiger partial charge on any atom is -0.497 e. The van der Waals surface area contributed by atoms with Gasteiger partial charge in [0, 0.05) is 47.7 Å². The number of methoxy groups -OCH3 is 1. The second-order valence-electron chi connectivity index (χ2n) is 8.03. The van der Waals surface area contributed by atoms with Crippen LogP contribution >= 0.6 is 0 Å². The summed E-state index contributed by atoms with van der Waals surface area (Å²) in [5, 5.41) is 3.46. The van der Waals surface area contributed by atoms with Crippen molar-refractivity contribution in [2.75, 3.05) is 25.5 Å². The third kappa shape index (κ3) is 4.13. The zero-order valence-electron chi connectivity index (χ0n) is 16.8. The molecule has 1 aliphatic carbocycles. The lowest BCUT2D eigenvalue weighted by molar-refractivity contribution is -0.134. The van der Waals surface area contributed by atoms with Gasteiger partial charge in [0.15, 0.2) is 0 Å². The Bertz CT molecular complexity index is 828. The van der Waals surface area contributed by atoms with E-state index in [0.717, 1.165) is 60.9 Å². The van der Waals surface area contributed by atoms with Gasteiger partial charge >= 0.3 is 0 Å². The van der Waals surface area contributed by atoms with E-state index in [1.165, 1.54) is 12.8 Å². The summed E-state index contributed by atoms with van der Waals surface area (Å²) >= 11 is 0. The monoisotopic (exact) mass is 379 g/mol. The molecule has 1 aromatic carbocycles. The molecule has 2 heterocycles. The molecule has 28 heavy (non-hydrogen) atoms. The predicted molar refractivity (Wildman–Crippen MR) is 111 cm³/mol. The van der Waals surface area contributed by atoms with Crippen molar-refractivity contribution in [3.05, 3.63) is 47.8 Å². The molecular formula is C23H29N3O2. The van der Waals surface area contributed by atoms with Crippen molar-refractivity contribution in [1.29, 1.82) is 0 Å². The molecular weight excluding hydrogens is 350 g/mol. The SMILES string of the molecule is COc1ccc(Nc2cc(C)nc([C@@H]3CCN(C(=O)C4CCCC4)C3)c2)cc1. The number of likely N-dealkylation sites (tertiary alicyclic amines) is 1. The van der Waals surface area contributed by atoms with Crippen molar-refractivity contribution in [3.63, 3.8) is 0 Å². The van der Waals surface area contributed by atoms with Gasteiger partial charge in [-0.3, -0.25) is 9.78 Å². The van der Waals surface area contributed by atoms with Crippen LogP contribution in [0.4, 0.5) is 11.4 Å². The largest absolute Gasteiger partial charge is 0.497 e. The number of benzene rings is 1. The Hall–Kier alpha value is -2.56. The van der Waals surface area contributed by atoms with Crippen LogP contribution in [0.3, 0.4) is 0 Å². The van der Waals surface area contributed by atoms with Crippen molar-refractivity contribution in [3.8, 4) is 5.75 Å². The molecule has 2 fully saturated rings. The Morgan fingerprint density at radius 3 is 2.57 bits per heavy atom. The van der Waals surface area contributed by atoms with Crippen LogP contribution < -0.4 is 10.1 Å². The fraction of sp³-hybridized carbons (Fsp3) is 0.478. The Morgan fingerprint density at radius 2 is 1.86 bits per heavy atom. The third-order valence-electron chi connectivity index (χ3n) is 5.97. The van der Waals surface area contributed by atoms with E-state index >= 15 is 0 Å². The van der Waals surface area contributed by atoms with Crippen LogP contribution in [0.15, 0.2) is 36.4 Å². The molecule has 5 nitrogen and oxygen atoms in total. The Morgan fingerprint density at radius 1 is 1.11 bits per heavy atom. The summed E-state index contributed by atoms with van der Waals surface area (Å²) in [5.41, 5.74) is 4.13. The number of carbonyl (C=O) groups excluding carboxylic acids is 1. The summed E-state index contributed by atoms with van der Waals surface area (Å²) in [6, 6.07) is 12.1. The van der Waals surface area contributed by atoms with Crippen LogP contribution in [0.2, 0.25) is 0 Å². The molecule has 2 aliphatic rings. The average Bonchev–Trinajstić information content (AvgIpc) is 3.40. The van der Waals surface area contributed by atoms with E-state index in [9.17, 15) is 4.79 Å². The molecule has 2 aromatic rings. The third-order valence-corrected chi connectivity index (χ3v) is 5.97. The highest BCUT2D eigenvalue weighted by molar-refractivity contribution is 5.79. The van der Waals surface area contributed by atoms with Gasteiger partial charge in [-0.1, -0.05) is 12.8 Å². The van der Waals surface area contributed by atoms with Crippen molar-refractivity contribution in [2.24, 2.45) is 5.92 Å². The van der Waals surface area contributed by atoms with Crippen molar-refractivity contribution < 1.29 is 9.53 Å². The van der Waals surface area contributed by atoms with E-state index in [4.69, 9.17) is 9.72 Å². The molecule has 1 saturated carbocycles. The number of aromatic nitrogens is 1. The molecule has 0 bridgehead atoms. The highest BCUT2D eigenvalue weighted by Gasteiger charge is 2.33. The van der Waals surface area contributed by atoms with Crippen molar-refractivity contribution >= 4 is 17.3 Å². The fourth-order valence-electron chi connectivity index (χ4n) is 4.45. The molecule has 148 valence electrons. The maximum atomic E-state index is 12.7. The number of nitrogens with one attached hydrogen (secondary N) is 1. The maximum Gasteiger partial charge on any atom is 0.225 e. The summed E-state index contributed by atoms with van der Waals surface area (Å²) in [5.74, 6) is 1.79. The molecule has 1 N–H and O–H groups in total. The first-order valence-electron chi connectivity index (χ1n) is 10.3. The zero-order valence-corrected chi connectivity index (χ0v) is 16.8. The van der Waals surface area contributed by atoms with Crippen LogP contribution in [0.25, 0.3) is 0 Å². The van der Waals surface area contributed by atoms with Crippen LogP contribution in [0, 0.1) is 12.8 Å². The molecule has 0 spiro atoms. The molecule has 0 radical (unpaired) electrons. The Labute approximate surface area is 167 Å². The van der Waals surface area contributed by atoms with E-state index in [1.54, 1.807) is 7.11 Å². The summed E-state index contributed by atoms with van der Waals surface area (Å²) in [6.45, 7) is 3.68.